The van der Waals surface area contributed by atoms with E-state index in [0.717, 1.165) is 23.6 Å². The maximum atomic E-state index is 11.9. The van der Waals surface area contributed by atoms with Crippen LogP contribution in [0.25, 0.3) is 0 Å². The predicted octanol–water partition coefficient (Wildman–Crippen LogP) is 1.82. The van der Waals surface area contributed by atoms with Gasteiger partial charge < -0.3 is 5.32 Å². The largest absolute Gasteiger partial charge is 0.323 e. The van der Waals surface area contributed by atoms with Gasteiger partial charge in [0, 0.05) is 31.9 Å². The molecule has 2 heterocycles. The molecule has 0 unspecified atom stereocenters. The summed E-state index contributed by atoms with van der Waals surface area (Å²) in [6.45, 7) is 6.97. The lowest BCUT2D eigenvalue weighted by atomic mass is 10.1. The summed E-state index contributed by atoms with van der Waals surface area (Å²) in [6, 6.07) is 0. The first-order valence-electron chi connectivity index (χ1n) is 6.82. The van der Waals surface area contributed by atoms with Crippen molar-refractivity contribution in [2.45, 2.75) is 40.2 Å². The predicted molar refractivity (Wildman–Crippen MR) is 77.5 cm³/mol. The van der Waals surface area contributed by atoms with Gasteiger partial charge in [0.05, 0.1) is 17.6 Å². The fraction of sp³-hybridized carbons (Fsp3) is 0.500. The van der Waals surface area contributed by atoms with Crippen LogP contribution in [-0.2, 0) is 24.8 Å². The minimum Gasteiger partial charge on any atom is -0.323 e. The van der Waals surface area contributed by atoms with Crippen molar-refractivity contribution in [2.75, 3.05) is 5.32 Å². The summed E-state index contributed by atoms with van der Waals surface area (Å²) in [7, 11) is 1.82. The number of nitrogens with one attached hydrogen (secondary N) is 1. The average molecular weight is 275 g/mol. The van der Waals surface area contributed by atoms with Crippen molar-refractivity contribution >= 4 is 11.6 Å². The molecule has 0 spiro atoms. The molecular weight excluding hydrogens is 254 g/mol. The van der Waals surface area contributed by atoms with E-state index in [-0.39, 0.29) is 5.91 Å². The number of aryl methyl sites for hydroxylation is 3. The molecule has 0 aromatic carbocycles. The van der Waals surface area contributed by atoms with Crippen LogP contribution in [0.4, 0.5) is 5.69 Å². The number of anilines is 1. The molecule has 2 aromatic heterocycles. The number of carbonyl (C=O) groups is 1. The topological polar surface area (TPSA) is 64.7 Å². The summed E-state index contributed by atoms with van der Waals surface area (Å²) in [4.78, 5) is 11.9. The fourth-order valence-electron chi connectivity index (χ4n) is 2.35. The summed E-state index contributed by atoms with van der Waals surface area (Å²) in [5.41, 5.74) is 4.07. The van der Waals surface area contributed by atoms with Crippen LogP contribution in [0.5, 0.6) is 0 Å². The summed E-state index contributed by atoms with van der Waals surface area (Å²) >= 11 is 0. The van der Waals surface area contributed by atoms with Crippen LogP contribution < -0.4 is 5.32 Å². The molecule has 0 atom stereocenters. The van der Waals surface area contributed by atoms with Crippen LogP contribution in [0.3, 0.4) is 0 Å². The first-order chi connectivity index (χ1) is 9.51. The minimum absolute atomic E-state index is 0.000971. The second-order valence-electron chi connectivity index (χ2n) is 4.92. The standard InChI is InChI=1S/C14H21N5O/c1-5-19-11(3)13(10(2)17-19)6-7-14(20)16-12-8-15-18(4)9-12/h8-9H,5-7H2,1-4H3,(H,16,20). The Labute approximate surface area is 118 Å². The first-order valence-corrected chi connectivity index (χ1v) is 6.82. The lowest BCUT2D eigenvalue weighted by Crippen LogP contribution is -2.12. The normalized spacial score (nSPS) is 10.8. The summed E-state index contributed by atoms with van der Waals surface area (Å²) < 4.78 is 3.64. The number of hydrogen-bond donors (Lipinski definition) is 1. The Bertz CT molecular complexity index is 611. The van der Waals surface area contributed by atoms with Crippen LogP contribution >= 0.6 is 0 Å². The SMILES string of the molecule is CCn1nc(C)c(CCC(=O)Nc2cnn(C)c2)c1C. The molecule has 108 valence electrons. The minimum atomic E-state index is 0.000971. The van der Waals surface area contributed by atoms with E-state index in [1.807, 2.05) is 18.7 Å². The lowest BCUT2D eigenvalue weighted by molar-refractivity contribution is -0.116. The van der Waals surface area contributed by atoms with Crippen LogP contribution in [0, 0.1) is 13.8 Å². The number of rotatable bonds is 5. The average Bonchev–Trinajstić information content (AvgIpc) is 2.92. The first kappa shape index (κ1) is 14.3. The van der Waals surface area contributed by atoms with Crippen molar-refractivity contribution in [1.29, 1.82) is 0 Å². The zero-order valence-corrected chi connectivity index (χ0v) is 12.5. The molecule has 0 bridgehead atoms. The molecule has 6 nitrogen and oxygen atoms in total. The van der Waals surface area contributed by atoms with E-state index in [0.29, 0.717) is 12.8 Å². The molecule has 1 amide bonds. The smallest absolute Gasteiger partial charge is 0.224 e. The molecule has 0 saturated heterocycles. The molecule has 2 aromatic rings. The van der Waals surface area contributed by atoms with Gasteiger partial charge in [-0.05, 0) is 32.8 Å². The van der Waals surface area contributed by atoms with Gasteiger partial charge in [-0.15, -0.1) is 0 Å². The Kier molecular flexibility index (Phi) is 4.22. The van der Waals surface area contributed by atoms with E-state index in [1.54, 1.807) is 17.1 Å². The third-order valence-corrected chi connectivity index (χ3v) is 3.42. The Morgan fingerprint density at radius 1 is 1.40 bits per heavy atom. The zero-order chi connectivity index (χ0) is 14.7. The van der Waals surface area contributed by atoms with Crippen LogP contribution in [0.1, 0.15) is 30.3 Å². The molecule has 20 heavy (non-hydrogen) atoms. The quantitative estimate of drug-likeness (QED) is 0.905. The highest BCUT2D eigenvalue weighted by Gasteiger charge is 2.12. The van der Waals surface area contributed by atoms with Gasteiger partial charge in [-0.2, -0.15) is 10.2 Å². The van der Waals surface area contributed by atoms with E-state index < -0.39 is 0 Å². The summed E-state index contributed by atoms with van der Waals surface area (Å²) in [5.74, 6) is 0.000971. The monoisotopic (exact) mass is 275 g/mol. The Hall–Kier alpha value is -2.11. The van der Waals surface area contributed by atoms with Crippen molar-refractivity contribution in [2.24, 2.45) is 7.05 Å². The van der Waals surface area contributed by atoms with Crippen LogP contribution in [0.2, 0.25) is 0 Å². The molecular formula is C14H21N5O. The number of carbonyl (C=O) groups excluding carboxylic acids is 1. The van der Waals surface area contributed by atoms with Gasteiger partial charge in [-0.1, -0.05) is 0 Å². The van der Waals surface area contributed by atoms with E-state index in [1.165, 1.54) is 5.56 Å². The second-order valence-corrected chi connectivity index (χ2v) is 4.92. The Morgan fingerprint density at radius 3 is 2.70 bits per heavy atom. The third-order valence-electron chi connectivity index (χ3n) is 3.42. The van der Waals surface area contributed by atoms with E-state index in [4.69, 9.17) is 0 Å². The highest BCUT2D eigenvalue weighted by atomic mass is 16.1. The van der Waals surface area contributed by atoms with Crippen molar-refractivity contribution in [3.8, 4) is 0 Å². The lowest BCUT2D eigenvalue weighted by Gasteiger charge is -2.04. The van der Waals surface area contributed by atoms with Gasteiger partial charge >= 0.3 is 0 Å². The molecule has 0 fully saturated rings. The van der Waals surface area contributed by atoms with Gasteiger partial charge in [0.1, 0.15) is 0 Å². The van der Waals surface area contributed by atoms with Crippen molar-refractivity contribution in [3.05, 3.63) is 29.3 Å². The zero-order valence-electron chi connectivity index (χ0n) is 12.5. The maximum absolute atomic E-state index is 11.9. The van der Waals surface area contributed by atoms with Gasteiger partial charge in [0.2, 0.25) is 5.91 Å². The fourth-order valence-corrected chi connectivity index (χ4v) is 2.35. The van der Waals surface area contributed by atoms with Gasteiger partial charge in [-0.3, -0.25) is 14.2 Å². The molecule has 1 N–H and O–H groups in total. The maximum Gasteiger partial charge on any atom is 0.224 e. The van der Waals surface area contributed by atoms with Crippen molar-refractivity contribution in [1.82, 2.24) is 19.6 Å². The molecule has 0 radical (unpaired) electrons. The number of hydrogen-bond acceptors (Lipinski definition) is 3. The van der Waals surface area contributed by atoms with E-state index in [9.17, 15) is 4.79 Å². The summed E-state index contributed by atoms with van der Waals surface area (Å²) in [5, 5.41) is 11.3. The number of aromatic nitrogens is 4. The highest BCUT2D eigenvalue weighted by Crippen LogP contribution is 2.15. The highest BCUT2D eigenvalue weighted by molar-refractivity contribution is 5.90. The molecule has 0 aliphatic heterocycles. The van der Waals surface area contributed by atoms with Gasteiger partial charge in [-0.25, -0.2) is 0 Å². The van der Waals surface area contributed by atoms with Gasteiger partial charge in [0.15, 0.2) is 0 Å². The van der Waals surface area contributed by atoms with Crippen LogP contribution in [-0.4, -0.2) is 25.5 Å². The van der Waals surface area contributed by atoms with E-state index >= 15 is 0 Å². The molecule has 0 aliphatic rings. The third kappa shape index (κ3) is 3.07. The second kappa shape index (κ2) is 5.90. The number of amides is 1. The van der Waals surface area contributed by atoms with Gasteiger partial charge in [0.25, 0.3) is 0 Å². The van der Waals surface area contributed by atoms with Crippen LogP contribution in [0.15, 0.2) is 12.4 Å². The molecule has 0 saturated carbocycles. The molecule has 6 heteroatoms. The van der Waals surface area contributed by atoms with Crippen molar-refractivity contribution < 1.29 is 4.79 Å². The number of nitrogens with zero attached hydrogens (tertiary/aromatic N) is 4. The van der Waals surface area contributed by atoms with Crippen molar-refractivity contribution in [3.63, 3.8) is 0 Å². The Morgan fingerprint density at radius 2 is 2.15 bits per heavy atom. The molecule has 2 rings (SSSR count). The Balaban J connectivity index is 1.95. The molecule has 0 aliphatic carbocycles. The summed E-state index contributed by atoms with van der Waals surface area (Å²) in [6.07, 6.45) is 4.59. The van der Waals surface area contributed by atoms with E-state index in [2.05, 4.69) is 29.4 Å².